The van der Waals surface area contributed by atoms with Crippen LogP contribution in [0.15, 0.2) is 36.5 Å². The second kappa shape index (κ2) is 6.71. The first-order valence-electron chi connectivity index (χ1n) is 7.36. The smallest absolute Gasteiger partial charge is 0.0650 e. The van der Waals surface area contributed by atoms with Crippen molar-refractivity contribution in [2.45, 2.75) is 52.2 Å². The van der Waals surface area contributed by atoms with Gasteiger partial charge in [0.15, 0.2) is 0 Å². The highest BCUT2D eigenvalue weighted by atomic mass is 16.3. The van der Waals surface area contributed by atoms with Gasteiger partial charge < -0.3 is 5.11 Å². The molecule has 0 aliphatic carbocycles. The topological polar surface area (TPSA) is 38.0 Å². The van der Waals surface area contributed by atoms with Gasteiger partial charge in [-0.15, -0.1) is 0 Å². The first-order valence-corrected chi connectivity index (χ1v) is 7.36. The summed E-state index contributed by atoms with van der Waals surface area (Å²) in [6.07, 6.45) is 3.97. The molecule has 0 aliphatic heterocycles. The van der Waals surface area contributed by atoms with Crippen molar-refractivity contribution in [3.05, 3.63) is 53.3 Å². The molecule has 0 saturated carbocycles. The number of hydrogen-bond donors (Lipinski definition) is 1. The number of benzene rings is 1. The van der Waals surface area contributed by atoms with E-state index in [0.717, 1.165) is 12.1 Å². The van der Waals surface area contributed by atoms with E-state index in [1.54, 1.807) is 0 Å². The summed E-state index contributed by atoms with van der Waals surface area (Å²) < 4.78 is 1.98. The molecule has 0 bridgehead atoms. The minimum Gasteiger partial charge on any atom is -0.392 e. The Morgan fingerprint density at radius 2 is 2.05 bits per heavy atom. The lowest BCUT2D eigenvalue weighted by Crippen LogP contribution is -2.15. The molecule has 0 fully saturated rings. The normalized spacial score (nSPS) is 14.2. The van der Waals surface area contributed by atoms with E-state index in [9.17, 15) is 5.11 Å². The van der Waals surface area contributed by atoms with Crippen molar-refractivity contribution in [1.29, 1.82) is 0 Å². The Morgan fingerprint density at radius 3 is 2.75 bits per heavy atom. The third-order valence-electron chi connectivity index (χ3n) is 3.70. The number of aliphatic hydroxyl groups excluding tert-OH is 1. The molecular weight excluding hydrogens is 248 g/mol. The van der Waals surface area contributed by atoms with Crippen molar-refractivity contribution in [2.75, 3.05) is 0 Å². The number of aryl methyl sites for hydroxylation is 1. The summed E-state index contributed by atoms with van der Waals surface area (Å²) >= 11 is 0. The zero-order valence-electron chi connectivity index (χ0n) is 12.6. The number of aliphatic hydroxyl groups is 1. The van der Waals surface area contributed by atoms with Crippen molar-refractivity contribution in [3.63, 3.8) is 0 Å². The quantitative estimate of drug-likeness (QED) is 0.876. The third-order valence-corrected chi connectivity index (χ3v) is 3.70. The van der Waals surface area contributed by atoms with Gasteiger partial charge in [-0.1, -0.05) is 36.8 Å². The Bertz CT molecular complexity index is 547. The van der Waals surface area contributed by atoms with Crippen LogP contribution < -0.4 is 0 Å². The molecule has 20 heavy (non-hydrogen) atoms. The van der Waals surface area contributed by atoms with Crippen LogP contribution in [0.2, 0.25) is 0 Å². The molecule has 2 atom stereocenters. The van der Waals surface area contributed by atoms with E-state index in [0.29, 0.717) is 18.9 Å². The van der Waals surface area contributed by atoms with Crippen LogP contribution in [0.3, 0.4) is 0 Å². The third kappa shape index (κ3) is 3.94. The summed E-state index contributed by atoms with van der Waals surface area (Å²) in [6, 6.07) is 10.7. The van der Waals surface area contributed by atoms with E-state index in [-0.39, 0.29) is 6.10 Å². The second-order valence-electron chi connectivity index (χ2n) is 5.60. The molecule has 0 spiro atoms. The van der Waals surface area contributed by atoms with Crippen LogP contribution in [0.4, 0.5) is 0 Å². The number of hydrogen-bond acceptors (Lipinski definition) is 2. The molecule has 1 aromatic heterocycles. The van der Waals surface area contributed by atoms with Gasteiger partial charge in [-0.25, -0.2) is 0 Å². The zero-order valence-corrected chi connectivity index (χ0v) is 12.6. The summed E-state index contributed by atoms with van der Waals surface area (Å²) in [5.41, 5.74) is 3.38. The van der Waals surface area contributed by atoms with Crippen molar-refractivity contribution in [3.8, 4) is 0 Å². The van der Waals surface area contributed by atoms with Crippen molar-refractivity contribution in [1.82, 2.24) is 9.78 Å². The lowest BCUT2D eigenvalue weighted by molar-refractivity contribution is 0.174. The fraction of sp³-hybridized carbons (Fsp3) is 0.471. The molecule has 3 heteroatoms. The van der Waals surface area contributed by atoms with Crippen LogP contribution in [0.25, 0.3) is 0 Å². The van der Waals surface area contributed by atoms with Gasteiger partial charge in [0, 0.05) is 18.7 Å². The highest BCUT2D eigenvalue weighted by molar-refractivity contribution is 5.23. The largest absolute Gasteiger partial charge is 0.392 e. The lowest BCUT2D eigenvalue weighted by Gasteiger charge is -2.11. The molecule has 0 amide bonds. The summed E-state index contributed by atoms with van der Waals surface area (Å²) in [5.74, 6) is 0. The summed E-state index contributed by atoms with van der Waals surface area (Å²) in [7, 11) is 0. The number of nitrogens with zero attached hydrogens (tertiary/aromatic N) is 2. The Labute approximate surface area is 121 Å². The van der Waals surface area contributed by atoms with Crippen LogP contribution in [-0.4, -0.2) is 21.0 Å². The van der Waals surface area contributed by atoms with E-state index < -0.39 is 0 Å². The van der Waals surface area contributed by atoms with Gasteiger partial charge in [0.05, 0.1) is 11.8 Å². The van der Waals surface area contributed by atoms with Crippen molar-refractivity contribution >= 4 is 0 Å². The van der Waals surface area contributed by atoms with Crippen LogP contribution >= 0.6 is 0 Å². The SMILES string of the molecule is CCC(C)n1ccc(CC(O)Cc2cccc(C)c2)n1. The summed E-state index contributed by atoms with van der Waals surface area (Å²) in [4.78, 5) is 0. The fourth-order valence-electron chi connectivity index (χ4n) is 2.34. The van der Waals surface area contributed by atoms with Crippen LogP contribution in [0.5, 0.6) is 0 Å². The van der Waals surface area contributed by atoms with Crippen molar-refractivity contribution in [2.24, 2.45) is 0 Å². The molecule has 2 rings (SSSR count). The van der Waals surface area contributed by atoms with Gasteiger partial charge in [0.1, 0.15) is 0 Å². The molecule has 1 aromatic carbocycles. The molecule has 1 heterocycles. The van der Waals surface area contributed by atoms with Crippen LogP contribution in [-0.2, 0) is 12.8 Å². The van der Waals surface area contributed by atoms with Crippen LogP contribution in [0, 0.1) is 6.92 Å². The van der Waals surface area contributed by atoms with E-state index in [2.05, 4.69) is 44.1 Å². The highest BCUT2D eigenvalue weighted by Gasteiger charge is 2.10. The second-order valence-corrected chi connectivity index (χ2v) is 5.60. The van der Waals surface area contributed by atoms with E-state index in [1.807, 2.05) is 23.0 Å². The summed E-state index contributed by atoms with van der Waals surface area (Å²) in [5, 5.41) is 14.7. The monoisotopic (exact) mass is 272 g/mol. The predicted molar refractivity (Wildman–Crippen MR) is 81.8 cm³/mol. The fourth-order valence-corrected chi connectivity index (χ4v) is 2.34. The van der Waals surface area contributed by atoms with Gasteiger partial charge in [-0.3, -0.25) is 4.68 Å². The number of aromatic nitrogens is 2. The molecule has 0 radical (unpaired) electrons. The number of rotatable bonds is 6. The molecule has 0 saturated heterocycles. The molecule has 2 unspecified atom stereocenters. The maximum absolute atomic E-state index is 10.2. The predicted octanol–water partition coefficient (Wildman–Crippen LogP) is 3.31. The first kappa shape index (κ1) is 14.8. The van der Waals surface area contributed by atoms with E-state index in [4.69, 9.17) is 0 Å². The Hall–Kier alpha value is -1.61. The lowest BCUT2D eigenvalue weighted by atomic mass is 10.0. The molecule has 1 N–H and O–H groups in total. The minimum absolute atomic E-state index is 0.378. The Morgan fingerprint density at radius 1 is 1.25 bits per heavy atom. The van der Waals surface area contributed by atoms with E-state index >= 15 is 0 Å². The molecule has 108 valence electrons. The minimum atomic E-state index is -0.378. The first-order chi connectivity index (χ1) is 9.58. The van der Waals surface area contributed by atoms with Crippen molar-refractivity contribution < 1.29 is 5.11 Å². The Balaban J connectivity index is 1.94. The maximum Gasteiger partial charge on any atom is 0.0650 e. The Kier molecular flexibility index (Phi) is 4.96. The van der Waals surface area contributed by atoms with Gasteiger partial charge in [0.25, 0.3) is 0 Å². The maximum atomic E-state index is 10.2. The standard InChI is InChI=1S/C17H24N2O/c1-4-14(3)19-9-8-16(18-19)12-17(20)11-15-7-5-6-13(2)10-15/h5-10,14,17,20H,4,11-12H2,1-3H3. The van der Waals surface area contributed by atoms with Gasteiger partial charge >= 0.3 is 0 Å². The average Bonchev–Trinajstić information content (AvgIpc) is 2.86. The molecule has 2 aromatic rings. The zero-order chi connectivity index (χ0) is 14.5. The van der Waals surface area contributed by atoms with Crippen LogP contribution in [0.1, 0.15) is 43.1 Å². The molecule has 0 aliphatic rings. The molecule has 3 nitrogen and oxygen atoms in total. The molecular formula is C17H24N2O. The van der Waals surface area contributed by atoms with Gasteiger partial charge in [0.2, 0.25) is 0 Å². The summed E-state index contributed by atoms with van der Waals surface area (Å²) in [6.45, 7) is 6.38. The van der Waals surface area contributed by atoms with E-state index in [1.165, 1.54) is 11.1 Å². The van der Waals surface area contributed by atoms with Gasteiger partial charge in [-0.2, -0.15) is 5.10 Å². The highest BCUT2D eigenvalue weighted by Crippen LogP contribution is 2.12. The average molecular weight is 272 g/mol. The van der Waals surface area contributed by atoms with Gasteiger partial charge in [-0.05, 0) is 38.3 Å².